The molecule has 0 aliphatic carbocycles. The second-order valence-electron chi connectivity index (χ2n) is 6.46. The third kappa shape index (κ3) is 4.91. The second-order valence-corrected chi connectivity index (χ2v) is 6.46. The Labute approximate surface area is 137 Å². The Balaban J connectivity index is 2.16. The lowest BCUT2D eigenvalue weighted by Crippen LogP contribution is -2.45. The minimum Gasteiger partial charge on any atom is -0.369 e. The smallest absolute Gasteiger partial charge is 0.222 e. The zero-order valence-electron chi connectivity index (χ0n) is 14.2. The first-order valence-electron chi connectivity index (χ1n) is 8.14. The van der Waals surface area contributed by atoms with Crippen LogP contribution >= 0.6 is 0 Å². The van der Waals surface area contributed by atoms with Gasteiger partial charge in [-0.2, -0.15) is 0 Å². The number of anilines is 1. The van der Waals surface area contributed by atoms with E-state index in [1.807, 2.05) is 13.0 Å². The van der Waals surface area contributed by atoms with E-state index in [0.29, 0.717) is 0 Å². The lowest BCUT2D eigenvalue weighted by atomic mass is 10.0. The zero-order valence-corrected chi connectivity index (χ0v) is 14.2. The highest BCUT2D eigenvalue weighted by Gasteiger charge is 2.21. The summed E-state index contributed by atoms with van der Waals surface area (Å²) in [4.78, 5) is 16.5. The maximum Gasteiger partial charge on any atom is 0.222 e. The first-order chi connectivity index (χ1) is 10.9. The standard InChI is InChI=1S/C17H27FN4O/c1-12(19)10-17(23)20-13(2)15-11-14(18)4-5-16(15)22-8-6-21(3)7-9-22/h4-5,11-13H,6-10,19H2,1-3H3,(H,20,23). The first-order valence-corrected chi connectivity index (χ1v) is 8.14. The summed E-state index contributed by atoms with van der Waals surface area (Å²) in [5.74, 6) is -0.396. The molecule has 1 aromatic carbocycles. The molecule has 1 aliphatic heterocycles. The van der Waals surface area contributed by atoms with Crippen molar-refractivity contribution in [1.82, 2.24) is 10.2 Å². The van der Waals surface area contributed by atoms with Crippen molar-refractivity contribution in [3.05, 3.63) is 29.6 Å². The molecule has 3 N–H and O–H groups in total. The van der Waals surface area contributed by atoms with E-state index in [9.17, 15) is 9.18 Å². The Morgan fingerprint density at radius 2 is 1.96 bits per heavy atom. The number of amides is 1. The molecule has 1 heterocycles. The van der Waals surface area contributed by atoms with Crippen molar-refractivity contribution in [2.75, 3.05) is 38.1 Å². The molecule has 0 spiro atoms. The van der Waals surface area contributed by atoms with Crippen molar-refractivity contribution in [2.24, 2.45) is 5.73 Å². The van der Waals surface area contributed by atoms with E-state index in [1.165, 1.54) is 12.1 Å². The normalized spacial score (nSPS) is 18.6. The van der Waals surface area contributed by atoms with Gasteiger partial charge in [0, 0.05) is 49.9 Å². The summed E-state index contributed by atoms with van der Waals surface area (Å²) in [5.41, 5.74) is 7.46. The van der Waals surface area contributed by atoms with Gasteiger partial charge in [0.1, 0.15) is 5.82 Å². The number of nitrogens with one attached hydrogen (secondary N) is 1. The number of carbonyl (C=O) groups is 1. The fourth-order valence-corrected chi connectivity index (χ4v) is 2.88. The van der Waals surface area contributed by atoms with Gasteiger partial charge in [0.2, 0.25) is 5.91 Å². The molecule has 6 heteroatoms. The number of nitrogens with zero attached hydrogens (tertiary/aromatic N) is 2. The van der Waals surface area contributed by atoms with Crippen LogP contribution in [0.4, 0.5) is 10.1 Å². The lowest BCUT2D eigenvalue weighted by molar-refractivity contribution is -0.122. The van der Waals surface area contributed by atoms with E-state index in [-0.39, 0.29) is 30.2 Å². The van der Waals surface area contributed by atoms with Gasteiger partial charge < -0.3 is 20.9 Å². The summed E-state index contributed by atoms with van der Waals surface area (Å²) in [7, 11) is 2.10. The molecular formula is C17H27FN4O. The number of hydrogen-bond acceptors (Lipinski definition) is 4. The fourth-order valence-electron chi connectivity index (χ4n) is 2.88. The molecule has 1 aromatic rings. The van der Waals surface area contributed by atoms with Crippen LogP contribution in [0.2, 0.25) is 0 Å². The molecule has 128 valence electrons. The van der Waals surface area contributed by atoms with Crippen LogP contribution in [0, 0.1) is 5.82 Å². The maximum atomic E-state index is 13.7. The highest BCUT2D eigenvalue weighted by molar-refractivity contribution is 5.77. The van der Waals surface area contributed by atoms with Gasteiger partial charge in [-0.3, -0.25) is 4.79 Å². The molecule has 1 saturated heterocycles. The van der Waals surface area contributed by atoms with Crippen LogP contribution in [0.1, 0.15) is 31.9 Å². The van der Waals surface area contributed by atoms with Gasteiger partial charge in [0.25, 0.3) is 0 Å². The van der Waals surface area contributed by atoms with Crippen LogP contribution in [0.15, 0.2) is 18.2 Å². The van der Waals surface area contributed by atoms with Crippen molar-refractivity contribution in [1.29, 1.82) is 0 Å². The van der Waals surface area contributed by atoms with Crippen molar-refractivity contribution >= 4 is 11.6 Å². The Morgan fingerprint density at radius 3 is 2.57 bits per heavy atom. The molecule has 1 aliphatic rings. The summed E-state index contributed by atoms with van der Waals surface area (Å²) >= 11 is 0. The third-order valence-corrected chi connectivity index (χ3v) is 4.18. The van der Waals surface area contributed by atoms with Gasteiger partial charge in [0.05, 0.1) is 6.04 Å². The molecule has 1 amide bonds. The highest BCUT2D eigenvalue weighted by atomic mass is 19.1. The van der Waals surface area contributed by atoms with Crippen LogP contribution in [-0.4, -0.2) is 50.1 Å². The van der Waals surface area contributed by atoms with E-state index in [4.69, 9.17) is 5.73 Å². The number of piperazine rings is 1. The van der Waals surface area contributed by atoms with Crippen LogP contribution in [-0.2, 0) is 4.79 Å². The van der Waals surface area contributed by atoms with Crippen molar-refractivity contribution in [3.8, 4) is 0 Å². The Morgan fingerprint density at radius 1 is 1.30 bits per heavy atom. The molecule has 2 rings (SSSR count). The molecule has 2 unspecified atom stereocenters. The summed E-state index contributed by atoms with van der Waals surface area (Å²) in [5, 5.41) is 2.92. The Kier molecular flexibility index (Phi) is 5.96. The number of rotatable bonds is 5. The average Bonchev–Trinajstić information content (AvgIpc) is 2.47. The van der Waals surface area contributed by atoms with Crippen LogP contribution in [0.5, 0.6) is 0 Å². The minimum absolute atomic E-state index is 0.110. The van der Waals surface area contributed by atoms with Gasteiger partial charge >= 0.3 is 0 Å². The van der Waals surface area contributed by atoms with Crippen molar-refractivity contribution in [3.63, 3.8) is 0 Å². The van der Waals surface area contributed by atoms with Crippen LogP contribution in [0.3, 0.4) is 0 Å². The molecule has 2 atom stereocenters. The summed E-state index contributed by atoms with van der Waals surface area (Å²) in [6.45, 7) is 7.42. The predicted molar refractivity (Wildman–Crippen MR) is 90.9 cm³/mol. The topological polar surface area (TPSA) is 61.6 Å². The average molecular weight is 322 g/mol. The van der Waals surface area contributed by atoms with Gasteiger partial charge in [-0.05, 0) is 39.1 Å². The number of benzene rings is 1. The minimum atomic E-state index is -0.286. The van der Waals surface area contributed by atoms with E-state index >= 15 is 0 Å². The van der Waals surface area contributed by atoms with Crippen LogP contribution < -0.4 is 16.0 Å². The van der Waals surface area contributed by atoms with Crippen molar-refractivity contribution in [2.45, 2.75) is 32.4 Å². The van der Waals surface area contributed by atoms with E-state index < -0.39 is 0 Å². The number of halogens is 1. The predicted octanol–water partition coefficient (Wildman–Crippen LogP) is 1.49. The number of nitrogens with two attached hydrogens (primary N) is 1. The molecule has 23 heavy (non-hydrogen) atoms. The molecule has 0 bridgehead atoms. The van der Waals surface area contributed by atoms with Crippen LogP contribution in [0.25, 0.3) is 0 Å². The molecular weight excluding hydrogens is 295 g/mol. The molecule has 1 fully saturated rings. The Bertz CT molecular complexity index is 541. The van der Waals surface area contributed by atoms with Crippen molar-refractivity contribution < 1.29 is 9.18 Å². The lowest BCUT2D eigenvalue weighted by Gasteiger charge is -2.36. The Hall–Kier alpha value is -1.66. The number of carbonyl (C=O) groups excluding carboxylic acids is 1. The molecule has 0 saturated carbocycles. The van der Waals surface area contributed by atoms with E-state index in [1.54, 1.807) is 6.92 Å². The summed E-state index contributed by atoms with van der Waals surface area (Å²) in [6, 6.07) is 4.36. The van der Waals surface area contributed by atoms with Gasteiger partial charge in [0.15, 0.2) is 0 Å². The molecule has 5 nitrogen and oxygen atoms in total. The fraction of sp³-hybridized carbons (Fsp3) is 0.588. The summed E-state index contributed by atoms with van der Waals surface area (Å²) in [6.07, 6.45) is 0.267. The van der Waals surface area contributed by atoms with Gasteiger partial charge in [-0.25, -0.2) is 4.39 Å². The third-order valence-electron chi connectivity index (χ3n) is 4.18. The van der Waals surface area contributed by atoms with Gasteiger partial charge in [-0.1, -0.05) is 0 Å². The summed E-state index contributed by atoms with van der Waals surface area (Å²) < 4.78 is 13.7. The zero-order chi connectivity index (χ0) is 17.0. The van der Waals surface area contributed by atoms with E-state index in [2.05, 4.69) is 22.2 Å². The number of likely N-dealkylation sites (N-methyl/N-ethyl adjacent to an activating group) is 1. The largest absolute Gasteiger partial charge is 0.369 e. The maximum absolute atomic E-state index is 13.7. The monoisotopic (exact) mass is 322 g/mol. The second kappa shape index (κ2) is 7.75. The van der Waals surface area contributed by atoms with Gasteiger partial charge in [-0.15, -0.1) is 0 Å². The van der Waals surface area contributed by atoms with E-state index in [0.717, 1.165) is 37.4 Å². The number of hydrogen-bond donors (Lipinski definition) is 2. The highest BCUT2D eigenvalue weighted by Crippen LogP contribution is 2.28. The molecule has 0 aromatic heterocycles. The molecule has 0 radical (unpaired) electrons. The SMILES string of the molecule is CC(N)CC(=O)NC(C)c1cc(F)ccc1N1CCN(C)CC1. The quantitative estimate of drug-likeness (QED) is 0.862. The first kappa shape index (κ1) is 17.7.